The number of carbonyl (C=O) groups is 1. The highest BCUT2D eigenvalue weighted by atomic mass is 19.1. The second-order valence-corrected chi connectivity index (χ2v) is 6.51. The van der Waals surface area contributed by atoms with E-state index in [1.54, 1.807) is 24.1 Å². The summed E-state index contributed by atoms with van der Waals surface area (Å²) >= 11 is 0. The Hall–Kier alpha value is -2.41. The van der Waals surface area contributed by atoms with Gasteiger partial charge in [-0.2, -0.15) is 0 Å². The van der Waals surface area contributed by atoms with Gasteiger partial charge in [0, 0.05) is 38.3 Å². The first-order valence-corrected chi connectivity index (χ1v) is 8.46. The van der Waals surface area contributed by atoms with E-state index in [1.807, 2.05) is 12.1 Å². The Labute approximate surface area is 146 Å². The highest BCUT2D eigenvalue weighted by Gasteiger charge is 2.24. The van der Waals surface area contributed by atoms with E-state index in [2.05, 4.69) is 15.4 Å². The molecule has 0 spiro atoms. The minimum atomic E-state index is -0.159. The lowest BCUT2D eigenvalue weighted by Crippen LogP contribution is -2.39. The van der Waals surface area contributed by atoms with Crippen LogP contribution in [0.3, 0.4) is 0 Å². The summed E-state index contributed by atoms with van der Waals surface area (Å²) in [6.45, 7) is 3.43. The number of hydrogen-bond acceptors (Lipinski definition) is 4. The minimum Gasteiger partial charge on any atom is -0.364 e. The Balaban J connectivity index is 1.41. The molecular formula is C18H23FN4O2. The van der Waals surface area contributed by atoms with Crippen molar-refractivity contribution in [2.45, 2.75) is 19.5 Å². The molecule has 0 aliphatic carbocycles. The average molecular weight is 346 g/mol. The van der Waals surface area contributed by atoms with Crippen LogP contribution in [0.4, 0.5) is 9.18 Å². The first-order valence-electron chi connectivity index (χ1n) is 8.46. The van der Waals surface area contributed by atoms with E-state index in [4.69, 9.17) is 4.52 Å². The molecule has 2 amide bonds. The van der Waals surface area contributed by atoms with E-state index in [9.17, 15) is 9.18 Å². The van der Waals surface area contributed by atoms with E-state index in [1.165, 1.54) is 12.3 Å². The van der Waals surface area contributed by atoms with Crippen molar-refractivity contribution < 1.29 is 13.7 Å². The lowest BCUT2D eigenvalue weighted by atomic mass is 10.1. The summed E-state index contributed by atoms with van der Waals surface area (Å²) in [6.07, 6.45) is 2.49. The summed E-state index contributed by atoms with van der Waals surface area (Å²) in [5, 5.41) is 6.76. The van der Waals surface area contributed by atoms with Gasteiger partial charge in [0.25, 0.3) is 0 Å². The summed E-state index contributed by atoms with van der Waals surface area (Å²) in [5.74, 6) is 0.227. The van der Waals surface area contributed by atoms with Crippen LogP contribution < -0.4 is 5.32 Å². The van der Waals surface area contributed by atoms with E-state index >= 15 is 0 Å². The maximum atomic E-state index is 13.7. The van der Waals surface area contributed by atoms with Gasteiger partial charge >= 0.3 is 6.03 Å². The lowest BCUT2D eigenvalue weighted by molar-refractivity contribution is 0.203. The number of benzene rings is 1. The first-order chi connectivity index (χ1) is 12.1. The number of halogens is 1. The quantitative estimate of drug-likeness (QED) is 0.873. The molecule has 1 atom stereocenters. The fourth-order valence-electron chi connectivity index (χ4n) is 3.09. The summed E-state index contributed by atoms with van der Waals surface area (Å²) in [7, 11) is 1.73. The topological polar surface area (TPSA) is 61.6 Å². The number of nitrogens with one attached hydrogen (secondary N) is 1. The standard InChI is InChI=1S/C18H23FN4O2/c1-22(13-16-7-9-25-21-16)18(24)20-10-14-6-8-23(11-14)12-15-4-2-3-5-17(15)19/h2-5,7,9,14H,6,8,10-13H2,1H3,(H,20,24)/t14-/m1/s1. The van der Waals surface area contributed by atoms with Crippen LogP contribution in [0.25, 0.3) is 0 Å². The van der Waals surface area contributed by atoms with Crippen LogP contribution in [0.15, 0.2) is 41.1 Å². The summed E-state index contributed by atoms with van der Waals surface area (Å²) in [5.41, 5.74) is 1.44. The van der Waals surface area contributed by atoms with Gasteiger partial charge < -0.3 is 14.7 Å². The smallest absolute Gasteiger partial charge is 0.317 e. The van der Waals surface area contributed by atoms with Crippen LogP contribution in [0.5, 0.6) is 0 Å². The van der Waals surface area contributed by atoms with Crippen molar-refractivity contribution in [2.24, 2.45) is 5.92 Å². The summed E-state index contributed by atoms with van der Waals surface area (Å²) < 4.78 is 18.5. The van der Waals surface area contributed by atoms with Crippen molar-refractivity contribution in [3.63, 3.8) is 0 Å². The van der Waals surface area contributed by atoms with Crippen LogP contribution in [0.1, 0.15) is 17.7 Å². The van der Waals surface area contributed by atoms with Gasteiger partial charge in [-0.15, -0.1) is 0 Å². The fourth-order valence-corrected chi connectivity index (χ4v) is 3.09. The largest absolute Gasteiger partial charge is 0.364 e. The predicted molar refractivity (Wildman–Crippen MR) is 91.2 cm³/mol. The van der Waals surface area contributed by atoms with E-state index in [0.717, 1.165) is 30.8 Å². The Morgan fingerprint density at radius 2 is 2.28 bits per heavy atom. The Morgan fingerprint density at radius 1 is 1.44 bits per heavy atom. The number of likely N-dealkylation sites (tertiary alicyclic amines) is 1. The lowest BCUT2D eigenvalue weighted by Gasteiger charge is -2.19. The van der Waals surface area contributed by atoms with Gasteiger partial charge in [-0.25, -0.2) is 9.18 Å². The number of rotatable bonds is 6. The molecule has 6 nitrogen and oxygen atoms in total. The number of carbonyl (C=O) groups excluding carboxylic acids is 1. The average Bonchev–Trinajstić information content (AvgIpc) is 3.26. The minimum absolute atomic E-state index is 0.129. The first kappa shape index (κ1) is 17.4. The Bertz CT molecular complexity index is 692. The SMILES string of the molecule is CN(Cc1ccon1)C(=O)NC[C@H]1CCN(Cc2ccccc2F)C1. The van der Waals surface area contributed by atoms with Gasteiger partial charge in [-0.1, -0.05) is 23.4 Å². The van der Waals surface area contributed by atoms with Gasteiger partial charge in [-0.05, 0) is 24.9 Å². The normalized spacial score (nSPS) is 17.6. The molecule has 1 saturated heterocycles. The van der Waals surface area contributed by atoms with Crippen LogP contribution >= 0.6 is 0 Å². The zero-order valence-electron chi connectivity index (χ0n) is 14.3. The monoisotopic (exact) mass is 346 g/mol. The molecule has 1 aliphatic heterocycles. The molecule has 1 aromatic carbocycles. The molecule has 1 aromatic heterocycles. The fraction of sp³-hybridized carbons (Fsp3) is 0.444. The second kappa shape index (κ2) is 8.11. The van der Waals surface area contributed by atoms with Crippen molar-refractivity contribution in [2.75, 3.05) is 26.7 Å². The third-order valence-corrected chi connectivity index (χ3v) is 4.50. The summed E-state index contributed by atoms with van der Waals surface area (Å²) in [4.78, 5) is 15.9. The Morgan fingerprint density at radius 3 is 3.04 bits per heavy atom. The predicted octanol–water partition coefficient (Wildman–Crippen LogP) is 2.48. The van der Waals surface area contributed by atoms with Crippen molar-refractivity contribution in [3.8, 4) is 0 Å². The number of hydrogen-bond donors (Lipinski definition) is 1. The zero-order chi connectivity index (χ0) is 17.6. The van der Waals surface area contributed by atoms with E-state index < -0.39 is 0 Å². The van der Waals surface area contributed by atoms with Crippen molar-refractivity contribution in [1.29, 1.82) is 0 Å². The molecule has 0 bridgehead atoms. The van der Waals surface area contributed by atoms with Gasteiger partial charge in [0.1, 0.15) is 17.8 Å². The van der Waals surface area contributed by atoms with Crippen LogP contribution in [-0.4, -0.2) is 47.7 Å². The number of amides is 2. The molecule has 1 aliphatic rings. The molecule has 0 unspecified atom stereocenters. The molecule has 7 heteroatoms. The number of aromatic nitrogens is 1. The third kappa shape index (κ3) is 4.79. The molecule has 3 rings (SSSR count). The molecule has 25 heavy (non-hydrogen) atoms. The van der Waals surface area contributed by atoms with E-state index in [0.29, 0.717) is 25.6 Å². The molecule has 0 saturated carbocycles. The number of urea groups is 1. The van der Waals surface area contributed by atoms with Crippen molar-refractivity contribution in [1.82, 2.24) is 20.3 Å². The molecule has 2 heterocycles. The third-order valence-electron chi connectivity index (χ3n) is 4.50. The zero-order valence-corrected chi connectivity index (χ0v) is 14.3. The van der Waals surface area contributed by atoms with Crippen LogP contribution in [0.2, 0.25) is 0 Å². The Kier molecular flexibility index (Phi) is 5.65. The highest BCUT2D eigenvalue weighted by Crippen LogP contribution is 2.19. The molecular weight excluding hydrogens is 323 g/mol. The van der Waals surface area contributed by atoms with Gasteiger partial charge in [-0.3, -0.25) is 4.90 Å². The van der Waals surface area contributed by atoms with Gasteiger partial charge in [0.15, 0.2) is 0 Å². The van der Waals surface area contributed by atoms with Crippen LogP contribution in [0, 0.1) is 11.7 Å². The van der Waals surface area contributed by atoms with Crippen LogP contribution in [-0.2, 0) is 13.1 Å². The molecule has 134 valence electrons. The highest BCUT2D eigenvalue weighted by molar-refractivity contribution is 5.73. The van der Waals surface area contributed by atoms with Crippen molar-refractivity contribution >= 4 is 6.03 Å². The second-order valence-electron chi connectivity index (χ2n) is 6.51. The molecule has 1 N–H and O–H groups in total. The molecule has 1 fully saturated rings. The van der Waals surface area contributed by atoms with Gasteiger partial charge in [0.05, 0.1) is 6.54 Å². The summed E-state index contributed by atoms with van der Waals surface area (Å²) in [6, 6.07) is 8.49. The van der Waals surface area contributed by atoms with Crippen molar-refractivity contribution in [3.05, 3.63) is 53.7 Å². The van der Waals surface area contributed by atoms with Gasteiger partial charge in [0.2, 0.25) is 0 Å². The van der Waals surface area contributed by atoms with E-state index in [-0.39, 0.29) is 11.8 Å². The maximum Gasteiger partial charge on any atom is 0.317 e. The number of nitrogens with zero attached hydrogens (tertiary/aromatic N) is 3. The molecule has 0 radical (unpaired) electrons. The molecule has 2 aromatic rings. The maximum absolute atomic E-state index is 13.7.